The van der Waals surface area contributed by atoms with Crippen molar-refractivity contribution in [2.45, 2.75) is 31.6 Å². The second-order valence-electron chi connectivity index (χ2n) is 14.1. The Bertz CT molecular complexity index is 2530. The van der Waals surface area contributed by atoms with Gasteiger partial charge in [0.15, 0.2) is 5.82 Å². The summed E-state index contributed by atoms with van der Waals surface area (Å²) in [5.41, 5.74) is 10.8. The second kappa shape index (κ2) is 14.8. The molecule has 5 aromatic carbocycles. The van der Waals surface area contributed by atoms with Gasteiger partial charge in [0.25, 0.3) is 0 Å². The summed E-state index contributed by atoms with van der Waals surface area (Å²) < 4.78 is 8.48. The maximum atomic E-state index is 6.10. The summed E-state index contributed by atoms with van der Waals surface area (Å²) in [6.45, 7) is 3.98. The van der Waals surface area contributed by atoms with E-state index in [2.05, 4.69) is 139 Å². The lowest BCUT2D eigenvalue weighted by Gasteiger charge is -2.21. The van der Waals surface area contributed by atoms with Crippen molar-refractivity contribution in [3.8, 4) is 39.6 Å². The average Bonchev–Trinajstić information content (AvgIpc) is 3.57. The Hall–Kier alpha value is -6.52. The Kier molecular flexibility index (Phi) is 9.16. The molecule has 2 aliphatic rings. The molecule has 0 bridgehead atoms. The van der Waals surface area contributed by atoms with E-state index in [1.54, 1.807) is 0 Å². The van der Waals surface area contributed by atoms with Crippen LogP contribution < -0.4 is 0 Å². The number of rotatable bonds is 7. The van der Waals surface area contributed by atoms with Crippen LogP contribution in [0.4, 0.5) is 0 Å². The normalized spacial score (nSPS) is 18.2. The molecule has 0 fully saturated rings. The predicted molar refractivity (Wildman–Crippen MR) is 223 cm³/mol. The third kappa shape index (κ3) is 6.63. The van der Waals surface area contributed by atoms with Crippen LogP contribution >= 0.6 is 0 Å². The number of fused-ring (bicyclic) bond motifs is 4. The van der Waals surface area contributed by atoms with Gasteiger partial charge in [-0.3, -0.25) is 0 Å². The Balaban J connectivity index is 1.08. The van der Waals surface area contributed by atoms with E-state index < -0.39 is 0 Å². The first kappa shape index (κ1) is 33.3. The van der Waals surface area contributed by atoms with Gasteiger partial charge in [-0.2, -0.15) is 0 Å². The van der Waals surface area contributed by atoms with Gasteiger partial charge in [-0.15, -0.1) is 6.58 Å². The van der Waals surface area contributed by atoms with Crippen LogP contribution in [0.2, 0.25) is 0 Å². The molecule has 0 radical (unpaired) electrons. The highest BCUT2D eigenvalue weighted by molar-refractivity contribution is 6.09. The summed E-state index contributed by atoms with van der Waals surface area (Å²) in [6, 6.07) is 47.1. The van der Waals surface area contributed by atoms with Gasteiger partial charge in [-0.05, 0) is 85.7 Å². The van der Waals surface area contributed by atoms with Gasteiger partial charge in [0.2, 0.25) is 0 Å². The van der Waals surface area contributed by atoms with Crippen molar-refractivity contribution in [2.75, 3.05) is 0 Å². The lowest BCUT2D eigenvalue weighted by Crippen LogP contribution is -2.05. The van der Waals surface area contributed by atoms with E-state index in [9.17, 15) is 0 Å². The molecule has 0 saturated carbocycles. The Morgan fingerprint density at radius 2 is 1.43 bits per heavy atom. The molecular formula is C50H41N3O. The highest BCUT2D eigenvalue weighted by Gasteiger charge is 2.20. The number of hydrogen-bond acceptors (Lipinski definition) is 3. The molecule has 7 aromatic rings. The molecule has 9 rings (SSSR count). The van der Waals surface area contributed by atoms with Gasteiger partial charge in [0.1, 0.15) is 5.76 Å². The van der Waals surface area contributed by atoms with Crippen LogP contribution in [0, 0.1) is 5.92 Å². The van der Waals surface area contributed by atoms with Crippen LogP contribution in [0.25, 0.3) is 61.4 Å². The van der Waals surface area contributed by atoms with Crippen molar-refractivity contribution in [2.24, 2.45) is 5.92 Å². The number of allylic oxidation sites excluding steroid dienone is 6. The third-order valence-electron chi connectivity index (χ3n) is 10.6. The molecule has 0 N–H and O–H groups in total. The van der Waals surface area contributed by atoms with E-state index in [-0.39, 0.29) is 5.92 Å². The summed E-state index contributed by atoms with van der Waals surface area (Å²) in [5.74, 6) is 2.38. The van der Waals surface area contributed by atoms with E-state index in [0.717, 1.165) is 70.8 Å². The quantitative estimate of drug-likeness (QED) is 0.156. The van der Waals surface area contributed by atoms with Crippen molar-refractivity contribution < 1.29 is 4.74 Å². The lowest BCUT2D eigenvalue weighted by molar-refractivity contribution is 0.354. The number of nitrogens with zero attached hydrogens (tertiary/aromatic N) is 3. The van der Waals surface area contributed by atoms with Gasteiger partial charge in [0, 0.05) is 44.6 Å². The molecule has 4 nitrogen and oxygen atoms in total. The Morgan fingerprint density at radius 3 is 2.20 bits per heavy atom. The molecule has 262 valence electrons. The second-order valence-corrected chi connectivity index (χ2v) is 14.1. The van der Waals surface area contributed by atoms with Crippen LogP contribution in [0.15, 0.2) is 194 Å². The first-order valence-corrected chi connectivity index (χ1v) is 18.9. The minimum absolute atomic E-state index is 0.252. The van der Waals surface area contributed by atoms with Gasteiger partial charge >= 0.3 is 0 Å². The van der Waals surface area contributed by atoms with Crippen molar-refractivity contribution in [1.82, 2.24) is 14.5 Å². The van der Waals surface area contributed by atoms with Crippen LogP contribution in [0.5, 0.6) is 0 Å². The molecule has 1 aliphatic carbocycles. The van der Waals surface area contributed by atoms with Crippen LogP contribution in [0.3, 0.4) is 0 Å². The molecule has 4 heteroatoms. The molecular weight excluding hydrogens is 659 g/mol. The highest BCUT2D eigenvalue weighted by atomic mass is 16.5. The van der Waals surface area contributed by atoms with E-state index in [0.29, 0.717) is 11.7 Å². The number of para-hydroxylation sites is 1. The molecule has 0 saturated heterocycles. The van der Waals surface area contributed by atoms with Gasteiger partial charge in [-0.25, -0.2) is 9.97 Å². The maximum Gasteiger partial charge on any atom is 0.160 e. The summed E-state index contributed by atoms with van der Waals surface area (Å²) in [5, 5.41) is 2.50. The Labute approximate surface area is 316 Å². The third-order valence-corrected chi connectivity index (χ3v) is 10.6. The maximum absolute atomic E-state index is 6.10. The summed E-state index contributed by atoms with van der Waals surface area (Å²) in [7, 11) is 0. The molecule has 3 heterocycles. The Morgan fingerprint density at radius 1 is 0.722 bits per heavy atom. The lowest BCUT2D eigenvalue weighted by atomic mass is 9.87. The SMILES string of the molecule is C=CCC1/C=C/C2=CC(c3ccc4c(c3)c3ccccc3n4-c3ccc(-c4cc(-c5ccccc5)nc(-c5ccccc5)n4)cc3)CC=C2O/C=C/CC1. The molecule has 0 spiro atoms. The molecule has 0 amide bonds. The van der Waals surface area contributed by atoms with Gasteiger partial charge in [-0.1, -0.05) is 121 Å². The fourth-order valence-electron chi connectivity index (χ4n) is 7.80. The first-order chi connectivity index (χ1) is 26.7. The minimum atomic E-state index is 0.252. The van der Waals surface area contributed by atoms with Crippen LogP contribution in [-0.2, 0) is 4.74 Å². The highest BCUT2D eigenvalue weighted by Crippen LogP contribution is 2.38. The average molecular weight is 700 g/mol. The van der Waals surface area contributed by atoms with E-state index in [4.69, 9.17) is 14.7 Å². The van der Waals surface area contributed by atoms with Crippen molar-refractivity contribution in [1.29, 1.82) is 0 Å². The fraction of sp³-hybridized carbons (Fsp3) is 0.120. The predicted octanol–water partition coefficient (Wildman–Crippen LogP) is 12.9. The van der Waals surface area contributed by atoms with Gasteiger partial charge < -0.3 is 9.30 Å². The number of hydrogen-bond donors (Lipinski definition) is 0. The molecule has 2 atom stereocenters. The molecule has 1 aliphatic heterocycles. The van der Waals surface area contributed by atoms with Crippen molar-refractivity contribution in [3.63, 3.8) is 0 Å². The number of benzene rings is 5. The monoisotopic (exact) mass is 699 g/mol. The summed E-state index contributed by atoms with van der Waals surface area (Å²) in [4.78, 5) is 10.0. The minimum Gasteiger partial charge on any atom is -0.465 e. The van der Waals surface area contributed by atoms with Crippen LogP contribution in [0.1, 0.15) is 37.2 Å². The van der Waals surface area contributed by atoms with E-state index in [1.165, 1.54) is 27.4 Å². The smallest absolute Gasteiger partial charge is 0.160 e. The largest absolute Gasteiger partial charge is 0.465 e. The zero-order chi connectivity index (χ0) is 36.3. The van der Waals surface area contributed by atoms with E-state index in [1.807, 2.05) is 48.7 Å². The van der Waals surface area contributed by atoms with E-state index >= 15 is 0 Å². The van der Waals surface area contributed by atoms with Crippen molar-refractivity contribution >= 4 is 21.8 Å². The fourth-order valence-corrected chi connectivity index (χ4v) is 7.80. The van der Waals surface area contributed by atoms with Crippen LogP contribution in [-0.4, -0.2) is 14.5 Å². The zero-order valence-electron chi connectivity index (χ0n) is 30.2. The molecule has 2 unspecified atom stereocenters. The summed E-state index contributed by atoms with van der Waals surface area (Å²) >= 11 is 0. The number of aromatic nitrogens is 3. The topological polar surface area (TPSA) is 39.9 Å². The van der Waals surface area contributed by atoms with Gasteiger partial charge in [0.05, 0.1) is 28.7 Å². The first-order valence-electron chi connectivity index (χ1n) is 18.9. The summed E-state index contributed by atoms with van der Waals surface area (Å²) in [6.07, 6.45) is 19.2. The zero-order valence-corrected chi connectivity index (χ0v) is 30.2. The standard InChI is InChI=1S/C50H41N3O/c1-2-13-35-14-11-12-31-54-49-30-26-39(32-41(49)22-21-35)40-25-29-48-44(33-40)43-19-9-10-20-47(43)53(48)42-27-23-37(24-28-42)46-34-45(36-15-5-3-6-16-36)51-50(52-46)38-17-7-4-8-18-38/h2-10,12,15-25,27-35,39H,1,11,13-14,26H2/b22-21+,31-12+. The molecule has 2 aromatic heterocycles. The molecule has 54 heavy (non-hydrogen) atoms. The van der Waals surface area contributed by atoms with Crippen molar-refractivity contribution in [3.05, 3.63) is 200 Å². The number of ether oxygens (including phenoxy) is 1.